The Bertz CT molecular complexity index is 1190. The maximum atomic E-state index is 11.7. The van der Waals surface area contributed by atoms with Crippen LogP contribution in [0.15, 0.2) is 42.7 Å². The molecule has 0 spiro atoms. The molecule has 0 saturated carbocycles. The molecule has 190 valence electrons. The summed E-state index contributed by atoms with van der Waals surface area (Å²) in [5.41, 5.74) is 4.98. The number of carbonyl (C=O) groups is 2. The number of carboxylic acid groups (broad SMARTS) is 2. The van der Waals surface area contributed by atoms with Crippen LogP contribution in [0.1, 0.15) is 72.8 Å². The first-order valence-electron chi connectivity index (χ1n) is 12.6. The van der Waals surface area contributed by atoms with Crippen LogP contribution in [-0.2, 0) is 35.3 Å². The second-order valence-electron chi connectivity index (χ2n) is 9.26. The molecule has 0 aliphatic carbocycles. The zero-order chi connectivity index (χ0) is 25.3. The maximum Gasteiger partial charge on any atom is 0.305 e. The smallest absolute Gasteiger partial charge is 0.305 e. The van der Waals surface area contributed by atoms with Crippen molar-refractivity contribution in [2.45, 2.75) is 70.3 Å². The number of pyridine rings is 2. The van der Waals surface area contributed by atoms with Crippen LogP contribution in [0, 0.1) is 0 Å². The summed E-state index contributed by atoms with van der Waals surface area (Å²) in [6.45, 7) is 0.965. The molecular formula is C27H33N5O4. The number of anilines is 1. The molecule has 4 rings (SSSR count). The lowest BCUT2D eigenvalue weighted by Crippen LogP contribution is -2.19. The third-order valence-corrected chi connectivity index (χ3v) is 6.53. The van der Waals surface area contributed by atoms with Crippen molar-refractivity contribution >= 4 is 17.8 Å². The number of unbranched alkanes of at least 4 members (excludes halogenated alkanes) is 1. The van der Waals surface area contributed by atoms with E-state index in [1.54, 1.807) is 12.4 Å². The van der Waals surface area contributed by atoms with E-state index >= 15 is 0 Å². The maximum absolute atomic E-state index is 11.7. The molecule has 0 saturated heterocycles. The van der Waals surface area contributed by atoms with E-state index in [4.69, 9.17) is 10.1 Å². The van der Waals surface area contributed by atoms with E-state index in [1.807, 2.05) is 22.9 Å². The normalized spacial score (nSPS) is 13.6. The minimum atomic E-state index is -0.896. The molecule has 3 aromatic heterocycles. The zero-order valence-corrected chi connectivity index (χ0v) is 20.4. The predicted octanol–water partition coefficient (Wildman–Crippen LogP) is 4.07. The summed E-state index contributed by atoms with van der Waals surface area (Å²) in [5.74, 6) is -0.697. The highest BCUT2D eigenvalue weighted by atomic mass is 16.4. The predicted molar refractivity (Wildman–Crippen MR) is 135 cm³/mol. The average molecular weight is 492 g/mol. The molecule has 1 aliphatic heterocycles. The number of carboxylic acids is 2. The van der Waals surface area contributed by atoms with Gasteiger partial charge in [0.25, 0.3) is 0 Å². The summed E-state index contributed by atoms with van der Waals surface area (Å²) in [5, 5.41) is 26.3. The second kappa shape index (κ2) is 12.3. The summed E-state index contributed by atoms with van der Waals surface area (Å²) >= 11 is 0. The highest BCUT2D eigenvalue weighted by molar-refractivity contribution is 5.68. The minimum Gasteiger partial charge on any atom is -0.481 e. The number of aliphatic carboxylic acids is 2. The Labute approximate surface area is 210 Å². The third-order valence-electron chi connectivity index (χ3n) is 6.53. The highest BCUT2D eigenvalue weighted by Gasteiger charge is 2.21. The Balaban J connectivity index is 1.43. The number of rotatable bonds is 13. The first kappa shape index (κ1) is 25.3. The Morgan fingerprint density at radius 2 is 1.83 bits per heavy atom. The highest BCUT2D eigenvalue weighted by Crippen LogP contribution is 2.25. The standard InChI is InChI=1S/C27H33N5O4/c33-25(34)9-2-1-6-22-17-20(12-15-28-22)24(18-26(35)36)32-23(13-16-30-32)8-3-7-21-11-10-19-5-4-14-29-27(19)31-21/h10-13,15-17,24H,1-9,14,18H2,(H,29,31)(H,33,34)(H,35,36). The number of hydrogen-bond acceptors (Lipinski definition) is 6. The second-order valence-corrected chi connectivity index (χ2v) is 9.26. The summed E-state index contributed by atoms with van der Waals surface area (Å²) < 4.78 is 1.82. The molecular weight excluding hydrogens is 458 g/mol. The number of nitrogens with one attached hydrogen (secondary N) is 1. The monoisotopic (exact) mass is 491 g/mol. The van der Waals surface area contributed by atoms with E-state index < -0.39 is 18.0 Å². The fourth-order valence-corrected chi connectivity index (χ4v) is 4.71. The van der Waals surface area contributed by atoms with Gasteiger partial charge in [-0.15, -0.1) is 0 Å². The van der Waals surface area contributed by atoms with Crippen molar-refractivity contribution in [2.75, 3.05) is 11.9 Å². The average Bonchev–Trinajstić information content (AvgIpc) is 3.33. The van der Waals surface area contributed by atoms with E-state index in [0.717, 1.165) is 67.1 Å². The van der Waals surface area contributed by atoms with Gasteiger partial charge in [-0.2, -0.15) is 5.10 Å². The molecule has 36 heavy (non-hydrogen) atoms. The van der Waals surface area contributed by atoms with Crippen LogP contribution >= 0.6 is 0 Å². The van der Waals surface area contributed by atoms with E-state index in [1.165, 1.54) is 5.56 Å². The molecule has 1 unspecified atom stereocenters. The van der Waals surface area contributed by atoms with Crippen molar-refractivity contribution in [3.63, 3.8) is 0 Å². The van der Waals surface area contributed by atoms with E-state index in [9.17, 15) is 14.7 Å². The Kier molecular flexibility index (Phi) is 8.65. The van der Waals surface area contributed by atoms with Crippen molar-refractivity contribution in [2.24, 2.45) is 0 Å². The van der Waals surface area contributed by atoms with Gasteiger partial charge in [0.1, 0.15) is 5.82 Å². The molecule has 1 atom stereocenters. The molecule has 4 heterocycles. The number of hydrogen-bond donors (Lipinski definition) is 3. The molecule has 9 nitrogen and oxygen atoms in total. The fraction of sp³-hybridized carbons (Fsp3) is 0.444. The van der Waals surface area contributed by atoms with Gasteiger partial charge in [-0.3, -0.25) is 19.3 Å². The van der Waals surface area contributed by atoms with Gasteiger partial charge in [-0.1, -0.05) is 6.07 Å². The summed E-state index contributed by atoms with van der Waals surface area (Å²) in [6, 6.07) is 9.53. The molecule has 0 aromatic carbocycles. The van der Waals surface area contributed by atoms with Crippen LogP contribution in [-0.4, -0.2) is 48.4 Å². The van der Waals surface area contributed by atoms with E-state index in [0.29, 0.717) is 19.3 Å². The van der Waals surface area contributed by atoms with Crippen LogP contribution in [0.25, 0.3) is 0 Å². The Hall–Kier alpha value is -3.75. The number of nitrogens with zero attached hydrogens (tertiary/aromatic N) is 4. The van der Waals surface area contributed by atoms with Gasteiger partial charge in [-0.05, 0) is 86.8 Å². The first-order valence-corrected chi connectivity index (χ1v) is 12.6. The van der Waals surface area contributed by atoms with E-state index in [2.05, 4.69) is 27.5 Å². The molecule has 0 amide bonds. The number of fused-ring (bicyclic) bond motifs is 1. The van der Waals surface area contributed by atoms with Crippen molar-refractivity contribution in [3.8, 4) is 0 Å². The third kappa shape index (κ3) is 6.90. The largest absolute Gasteiger partial charge is 0.481 e. The molecule has 0 fully saturated rings. The molecule has 0 bridgehead atoms. The van der Waals surface area contributed by atoms with Crippen LogP contribution in [0.2, 0.25) is 0 Å². The van der Waals surface area contributed by atoms with E-state index in [-0.39, 0.29) is 12.8 Å². The molecule has 0 radical (unpaired) electrons. The number of aryl methyl sites for hydroxylation is 4. The van der Waals surface area contributed by atoms with Crippen LogP contribution < -0.4 is 5.32 Å². The Morgan fingerprint density at radius 1 is 0.972 bits per heavy atom. The lowest BCUT2D eigenvalue weighted by atomic mass is 10.0. The summed E-state index contributed by atoms with van der Waals surface area (Å²) in [4.78, 5) is 31.7. The van der Waals surface area contributed by atoms with Gasteiger partial charge in [0, 0.05) is 42.4 Å². The summed E-state index contributed by atoms with van der Waals surface area (Å²) in [6.07, 6.45) is 10.1. The molecule has 3 N–H and O–H groups in total. The molecule has 9 heteroatoms. The van der Waals surface area contributed by atoms with Gasteiger partial charge in [0.15, 0.2) is 0 Å². The van der Waals surface area contributed by atoms with Crippen LogP contribution in [0.4, 0.5) is 5.82 Å². The van der Waals surface area contributed by atoms with Gasteiger partial charge >= 0.3 is 11.9 Å². The topological polar surface area (TPSA) is 130 Å². The molecule has 1 aliphatic rings. The van der Waals surface area contributed by atoms with Gasteiger partial charge in [-0.25, -0.2) is 4.98 Å². The van der Waals surface area contributed by atoms with Crippen LogP contribution in [0.5, 0.6) is 0 Å². The van der Waals surface area contributed by atoms with Crippen molar-refractivity contribution < 1.29 is 19.8 Å². The Morgan fingerprint density at radius 3 is 2.67 bits per heavy atom. The lowest BCUT2D eigenvalue weighted by molar-refractivity contribution is -0.138. The SMILES string of the molecule is O=C(O)CCCCc1cc(C(CC(=O)O)n2nccc2CCCc2ccc3c(n2)NCCC3)ccn1. The fourth-order valence-electron chi connectivity index (χ4n) is 4.71. The van der Waals surface area contributed by atoms with Gasteiger partial charge < -0.3 is 15.5 Å². The number of aromatic nitrogens is 4. The van der Waals surface area contributed by atoms with Crippen molar-refractivity contribution in [1.29, 1.82) is 0 Å². The summed E-state index contributed by atoms with van der Waals surface area (Å²) in [7, 11) is 0. The van der Waals surface area contributed by atoms with Crippen molar-refractivity contribution in [1.82, 2.24) is 19.7 Å². The van der Waals surface area contributed by atoms with Gasteiger partial charge in [0.2, 0.25) is 0 Å². The zero-order valence-electron chi connectivity index (χ0n) is 20.4. The lowest BCUT2D eigenvalue weighted by Gasteiger charge is -2.20. The van der Waals surface area contributed by atoms with Gasteiger partial charge in [0.05, 0.1) is 12.5 Å². The molecule has 3 aromatic rings. The van der Waals surface area contributed by atoms with Crippen LogP contribution in [0.3, 0.4) is 0 Å². The van der Waals surface area contributed by atoms with Crippen molar-refractivity contribution in [3.05, 3.63) is 70.9 Å². The first-order chi connectivity index (χ1) is 17.5. The quantitative estimate of drug-likeness (QED) is 0.305. The minimum absolute atomic E-state index is 0.0881.